The lowest BCUT2D eigenvalue weighted by Crippen LogP contribution is -2.53. The predicted molar refractivity (Wildman–Crippen MR) is 84.9 cm³/mol. The standard InChI is InChI=1S/C15H30N2O2.ClH/c1-11(18)9-14(2,3)10-17-13(19)12-7-5-6-8-15(12,4)16;/h11-12,18H,5-10,16H2,1-4H3,(H,17,19);1H. The van der Waals surface area contributed by atoms with Crippen LogP contribution >= 0.6 is 12.4 Å². The van der Waals surface area contributed by atoms with Crippen molar-refractivity contribution in [2.75, 3.05) is 6.54 Å². The molecule has 1 aliphatic carbocycles. The first-order valence-electron chi connectivity index (χ1n) is 7.39. The summed E-state index contributed by atoms with van der Waals surface area (Å²) in [7, 11) is 0. The maximum Gasteiger partial charge on any atom is 0.224 e. The number of aliphatic hydroxyl groups is 1. The summed E-state index contributed by atoms with van der Waals surface area (Å²) in [6.45, 7) is 8.47. The maximum atomic E-state index is 12.3. The molecule has 1 amide bonds. The van der Waals surface area contributed by atoms with E-state index in [0.717, 1.165) is 25.7 Å². The van der Waals surface area contributed by atoms with E-state index in [0.29, 0.717) is 13.0 Å². The third-order valence-electron chi connectivity index (χ3n) is 4.16. The van der Waals surface area contributed by atoms with Crippen LogP contribution in [-0.2, 0) is 4.79 Å². The van der Waals surface area contributed by atoms with Crippen LogP contribution < -0.4 is 11.1 Å². The molecule has 1 saturated carbocycles. The molecule has 0 aromatic rings. The van der Waals surface area contributed by atoms with Gasteiger partial charge in [-0.3, -0.25) is 4.79 Å². The summed E-state index contributed by atoms with van der Waals surface area (Å²) in [5, 5.41) is 12.5. The molecule has 0 heterocycles. The van der Waals surface area contributed by atoms with E-state index in [4.69, 9.17) is 5.73 Å². The highest BCUT2D eigenvalue weighted by molar-refractivity contribution is 5.85. The molecule has 20 heavy (non-hydrogen) atoms. The first kappa shape index (κ1) is 19.7. The Balaban J connectivity index is 0.00000361. The second-order valence-electron chi connectivity index (χ2n) is 7.24. The van der Waals surface area contributed by atoms with Crippen molar-refractivity contribution in [2.45, 2.75) is 71.4 Å². The number of hydrogen-bond donors (Lipinski definition) is 3. The van der Waals surface area contributed by atoms with Gasteiger partial charge in [0.25, 0.3) is 0 Å². The molecule has 3 unspecified atom stereocenters. The van der Waals surface area contributed by atoms with Gasteiger partial charge in [-0.1, -0.05) is 26.7 Å². The number of rotatable bonds is 5. The van der Waals surface area contributed by atoms with Gasteiger partial charge in [-0.05, 0) is 38.5 Å². The molecule has 3 atom stereocenters. The van der Waals surface area contributed by atoms with Gasteiger partial charge >= 0.3 is 0 Å². The summed E-state index contributed by atoms with van der Waals surface area (Å²) in [4.78, 5) is 12.3. The van der Waals surface area contributed by atoms with Crippen LogP contribution in [0.15, 0.2) is 0 Å². The zero-order valence-electron chi connectivity index (χ0n) is 13.2. The molecular formula is C15H31ClN2O2. The maximum absolute atomic E-state index is 12.3. The molecule has 4 N–H and O–H groups in total. The Hall–Kier alpha value is -0.320. The summed E-state index contributed by atoms with van der Waals surface area (Å²) in [6.07, 6.45) is 4.34. The van der Waals surface area contributed by atoms with Gasteiger partial charge < -0.3 is 16.2 Å². The molecule has 0 bridgehead atoms. The molecule has 0 spiro atoms. The number of carbonyl (C=O) groups is 1. The molecule has 0 saturated heterocycles. The largest absolute Gasteiger partial charge is 0.393 e. The van der Waals surface area contributed by atoms with Crippen LogP contribution in [0.25, 0.3) is 0 Å². The molecule has 0 aliphatic heterocycles. The molecule has 1 rings (SSSR count). The lowest BCUT2D eigenvalue weighted by atomic mass is 9.74. The number of halogens is 1. The molecule has 0 radical (unpaired) electrons. The van der Waals surface area contributed by atoms with Gasteiger partial charge in [0, 0.05) is 12.1 Å². The van der Waals surface area contributed by atoms with Crippen molar-refractivity contribution < 1.29 is 9.90 Å². The second-order valence-corrected chi connectivity index (χ2v) is 7.24. The van der Waals surface area contributed by atoms with E-state index in [1.165, 1.54) is 0 Å². The van der Waals surface area contributed by atoms with Crippen LogP contribution in [0, 0.1) is 11.3 Å². The van der Waals surface area contributed by atoms with E-state index in [-0.39, 0.29) is 41.3 Å². The Morgan fingerprint density at radius 1 is 1.50 bits per heavy atom. The van der Waals surface area contributed by atoms with Gasteiger partial charge in [0.2, 0.25) is 5.91 Å². The predicted octanol–water partition coefficient (Wildman–Crippen LogP) is 2.23. The molecule has 0 aromatic carbocycles. The molecule has 4 nitrogen and oxygen atoms in total. The normalized spacial score (nSPS) is 28.4. The van der Waals surface area contributed by atoms with Gasteiger partial charge in [-0.15, -0.1) is 12.4 Å². The number of nitrogens with one attached hydrogen (secondary N) is 1. The smallest absolute Gasteiger partial charge is 0.224 e. The number of hydrogen-bond acceptors (Lipinski definition) is 3. The van der Waals surface area contributed by atoms with Crippen molar-refractivity contribution >= 4 is 18.3 Å². The van der Waals surface area contributed by atoms with Gasteiger partial charge in [0.1, 0.15) is 0 Å². The highest BCUT2D eigenvalue weighted by Gasteiger charge is 2.38. The third kappa shape index (κ3) is 5.98. The molecule has 1 aliphatic rings. The van der Waals surface area contributed by atoms with Gasteiger partial charge in [-0.25, -0.2) is 0 Å². The van der Waals surface area contributed by atoms with Crippen molar-refractivity contribution in [2.24, 2.45) is 17.1 Å². The zero-order valence-corrected chi connectivity index (χ0v) is 14.1. The first-order chi connectivity index (χ1) is 8.64. The van der Waals surface area contributed by atoms with E-state index in [1.54, 1.807) is 6.92 Å². The average Bonchev–Trinajstić information content (AvgIpc) is 2.23. The minimum absolute atomic E-state index is 0. The van der Waals surface area contributed by atoms with E-state index in [1.807, 2.05) is 6.92 Å². The SMILES string of the molecule is CC(O)CC(C)(C)CNC(=O)C1CCCCC1(C)N.Cl. The molecule has 1 fully saturated rings. The summed E-state index contributed by atoms with van der Waals surface area (Å²) >= 11 is 0. The van der Waals surface area contributed by atoms with Crippen molar-refractivity contribution in [3.8, 4) is 0 Å². The van der Waals surface area contributed by atoms with Gasteiger partial charge in [-0.2, -0.15) is 0 Å². The van der Waals surface area contributed by atoms with Crippen LogP contribution in [0.4, 0.5) is 0 Å². The van der Waals surface area contributed by atoms with Crippen LogP contribution in [0.3, 0.4) is 0 Å². The lowest BCUT2D eigenvalue weighted by molar-refractivity contribution is -0.128. The van der Waals surface area contributed by atoms with Crippen LogP contribution in [0.2, 0.25) is 0 Å². The fraction of sp³-hybridized carbons (Fsp3) is 0.933. The molecule has 5 heteroatoms. The van der Waals surface area contributed by atoms with Crippen molar-refractivity contribution in [1.82, 2.24) is 5.32 Å². The fourth-order valence-corrected chi connectivity index (χ4v) is 3.11. The number of carbonyl (C=O) groups excluding carboxylic acids is 1. The zero-order chi connectivity index (χ0) is 14.7. The highest BCUT2D eigenvalue weighted by Crippen LogP contribution is 2.32. The summed E-state index contributed by atoms with van der Waals surface area (Å²) < 4.78 is 0. The van der Waals surface area contributed by atoms with Crippen molar-refractivity contribution in [3.05, 3.63) is 0 Å². The minimum Gasteiger partial charge on any atom is -0.393 e. The number of aliphatic hydroxyl groups excluding tert-OH is 1. The van der Waals surface area contributed by atoms with E-state index in [2.05, 4.69) is 19.2 Å². The average molecular weight is 307 g/mol. The fourth-order valence-electron chi connectivity index (χ4n) is 3.11. The van der Waals surface area contributed by atoms with Crippen LogP contribution in [0.5, 0.6) is 0 Å². The van der Waals surface area contributed by atoms with E-state index in [9.17, 15) is 9.90 Å². The van der Waals surface area contributed by atoms with E-state index < -0.39 is 0 Å². The highest BCUT2D eigenvalue weighted by atomic mass is 35.5. The first-order valence-corrected chi connectivity index (χ1v) is 7.39. The lowest BCUT2D eigenvalue weighted by Gasteiger charge is -2.38. The third-order valence-corrected chi connectivity index (χ3v) is 4.16. The van der Waals surface area contributed by atoms with E-state index >= 15 is 0 Å². The topological polar surface area (TPSA) is 75.3 Å². The number of amides is 1. The Morgan fingerprint density at radius 2 is 2.10 bits per heavy atom. The Morgan fingerprint density at radius 3 is 2.60 bits per heavy atom. The number of nitrogens with two attached hydrogens (primary N) is 1. The van der Waals surface area contributed by atoms with Crippen molar-refractivity contribution in [3.63, 3.8) is 0 Å². The Kier molecular flexibility index (Phi) is 7.50. The summed E-state index contributed by atoms with van der Waals surface area (Å²) in [6, 6.07) is 0. The second kappa shape index (κ2) is 7.62. The minimum atomic E-state index is -0.378. The van der Waals surface area contributed by atoms with Crippen molar-refractivity contribution in [1.29, 1.82) is 0 Å². The summed E-state index contributed by atoms with van der Waals surface area (Å²) in [5.41, 5.74) is 5.77. The molecular weight excluding hydrogens is 276 g/mol. The molecule has 120 valence electrons. The van der Waals surface area contributed by atoms with Crippen LogP contribution in [-0.4, -0.2) is 29.2 Å². The Bertz CT molecular complexity index is 317. The summed E-state index contributed by atoms with van der Waals surface area (Å²) in [5.74, 6) is -0.00744. The molecule has 0 aromatic heterocycles. The monoisotopic (exact) mass is 306 g/mol. The van der Waals surface area contributed by atoms with Gasteiger partial charge in [0.15, 0.2) is 0 Å². The van der Waals surface area contributed by atoms with Gasteiger partial charge in [0.05, 0.1) is 12.0 Å². The quantitative estimate of drug-likeness (QED) is 0.729. The Labute approximate surface area is 129 Å². The van der Waals surface area contributed by atoms with Crippen LogP contribution in [0.1, 0.15) is 59.8 Å².